The van der Waals surface area contributed by atoms with Gasteiger partial charge in [0.05, 0.1) is 5.03 Å². The van der Waals surface area contributed by atoms with Gasteiger partial charge in [-0.1, -0.05) is 6.58 Å². The lowest BCUT2D eigenvalue weighted by Gasteiger charge is -2.27. The van der Waals surface area contributed by atoms with Gasteiger partial charge in [0, 0.05) is 17.8 Å². The van der Waals surface area contributed by atoms with Crippen molar-refractivity contribution in [1.29, 1.82) is 5.26 Å². The van der Waals surface area contributed by atoms with Crippen LogP contribution in [0, 0.1) is 11.3 Å². The summed E-state index contributed by atoms with van der Waals surface area (Å²) < 4.78 is 0. The second kappa shape index (κ2) is 6.25. The Balaban J connectivity index is 3.49. The number of nitriles is 1. The first kappa shape index (κ1) is 15.1. The third-order valence-corrected chi connectivity index (χ3v) is 3.15. The third kappa shape index (κ3) is 3.06. The highest BCUT2D eigenvalue weighted by Crippen LogP contribution is 2.22. The summed E-state index contributed by atoms with van der Waals surface area (Å²) in [7, 11) is 0. The number of thioether (sulfide) groups is 1. The van der Waals surface area contributed by atoms with Crippen LogP contribution in [0.3, 0.4) is 0 Å². The van der Waals surface area contributed by atoms with Crippen LogP contribution >= 0.6 is 11.8 Å². The van der Waals surface area contributed by atoms with Crippen LogP contribution in [-0.2, 0) is 4.79 Å². The van der Waals surface area contributed by atoms with E-state index in [1.165, 1.54) is 22.7 Å². The fourth-order valence-corrected chi connectivity index (χ4v) is 1.78. The molecule has 0 spiro atoms. The van der Waals surface area contributed by atoms with Crippen molar-refractivity contribution in [2.45, 2.75) is 13.8 Å². The predicted molar refractivity (Wildman–Crippen MR) is 78.1 cm³/mol. The van der Waals surface area contributed by atoms with Crippen LogP contribution in [0.2, 0.25) is 0 Å². The monoisotopic (exact) mass is 276 g/mol. The minimum absolute atomic E-state index is 0.0652. The first-order chi connectivity index (χ1) is 8.96. The number of amidine groups is 1. The standard InChI is InChI=1S/C13H16N4OS/c1-5-17-12(16-9(3)19-4)11(8(2)15)6-10(7-14)13(17)18/h6H,3,5,15H2,1-2,4H3/b11-8-,16-12+. The Kier molecular flexibility index (Phi) is 4.95. The summed E-state index contributed by atoms with van der Waals surface area (Å²) in [6.45, 7) is 7.72. The highest BCUT2D eigenvalue weighted by molar-refractivity contribution is 8.02. The van der Waals surface area contributed by atoms with Gasteiger partial charge in [-0.3, -0.25) is 9.69 Å². The van der Waals surface area contributed by atoms with Crippen molar-refractivity contribution in [3.05, 3.63) is 34.5 Å². The van der Waals surface area contributed by atoms with Crippen molar-refractivity contribution >= 4 is 23.5 Å². The van der Waals surface area contributed by atoms with Crippen molar-refractivity contribution < 1.29 is 4.79 Å². The molecule has 0 aliphatic carbocycles. The Hall–Kier alpha value is -2.00. The minimum Gasteiger partial charge on any atom is -0.402 e. The van der Waals surface area contributed by atoms with Gasteiger partial charge in [-0.25, -0.2) is 4.99 Å². The van der Waals surface area contributed by atoms with E-state index in [1.807, 2.05) is 19.2 Å². The molecule has 0 radical (unpaired) electrons. The van der Waals surface area contributed by atoms with E-state index in [1.54, 1.807) is 6.92 Å². The second-order valence-corrected chi connectivity index (χ2v) is 4.73. The Labute approximate surface area is 117 Å². The number of nitrogens with two attached hydrogens (primary N) is 1. The number of carbonyl (C=O) groups is 1. The summed E-state index contributed by atoms with van der Waals surface area (Å²) in [5.74, 6) is 0.0912. The molecule has 2 N–H and O–H groups in total. The minimum atomic E-state index is -0.359. The van der Waals surface area contributed by atoms with Gasteiger partial charge in [-0.2, -0.15) is 5.26 Å². The number of allylic oxidation sites excluding steroid dienone is 1. The first-order valence-corrected chi connectivity index (χ1v) is 6.90. The quantitative estimate of drug-likeness (QED) is 0.851. The number of hydrogen-bond donors (Lipinski definition) is 1. The molecule has 100 valence electrons. The molecule has 1 amide bonds. The zero-order valence-electron chi connectivity index (χ0n) is 11.2. The molecule has 0 unspecified atom stereocenters. The molecule has 19 heavy (non-hydrogen) atoms. The summed E-state index contributed by atoms with van der Waals surface area (Å²) in [5, 5.41) is 9.58. The summed E-state index contributed by atoms with van der Waals surface area (Å²) in [6, 6.07) is 1.89. The molecule has 0 saturated carbocycles. The molecule has 1 aliphatic heterocycles. The highest BCUT2D eigenvalue weighted by atomic mass is 32.2. The second-order valence-electron chi connectivity index (χ2n) is 3.85. The normalized spacial score (nSPS) is 20.1. The average molecular weight is 276 g/mol. The van der Waals surface area contributed by atoms with Crippen molar-refractivity contribution in [2.24, 2.45) is 10.7 Å². The van der Waals surface area contributed by atoms with E-state index in [2.05, 4.69) is 11.6 Å². The highest BCUT2D eigenvalue weighted by Gasteiger charge is 2.30. The number of carbonyl (C=O) groups excluding carboxylic acids is 1. The van der Waals surface area contributed by atoms with Gasteiger partial charge < -0.3 is 5.73 Å². The molecule has 0 atom stereocenters. The molecule has 1 rings (SSSR count). The SMILES string of the molecule is C=C(/N=C1\C(=C(\C)N)C=C(C#N)C(=O)N1CC)SC. The predicted octanol–water partition coefficient (Wildman–Crippen LogP) is 1.76. The molecular weight excluding hydrogens is 260 g/mol. The van der Waals surface area contributed by atoms with E-state index < -0.39 is 0 Å². The van der Waals surface area contributed by atoms with E-state index in [0.29, 0.717) is 28.7 Å². The molecule has 1 heterocycles. The summed E-state index contributed by atoms with van der Waals surface area (Å²) in [6.07, 6.45) is 3.33. The smallest absolute Gasteiger partial charge is 0.270 e. The van der Waals surface area contributed by atoms with Gasteiger partial charge in [0.15, 0.2) is 0 Å². The lowest BCUT2D eigenvalue weighted by Crippen LogP contribution is -2.42. The summed E-state index contributed by atoms with van der Waals surface area (Å²) >= 11 is 1.38. The fraction of sp³-hybridized carbons (Fsp3) is 0.308. The van der Waals surface area contributed by atoms with Gasteiger partial charge >= 0.3 is 0 Å². The number of hydrogen-bond acceptors (Lipinski definition) is 5. The molecule has 0 aromatic rings. The van der Waals surface area contributed by atoms with E-state index in [-0.39, 0.29) is 11.5 Å². The number of aliphatic imine (C=N–C) groups is 1. The molecule has 0 bridgehead atoms. The van der Waals surface area contributed by atoms with Crippen LogP contribution in [0.15, 0.2) is 39.5 Å². The zero-order valence-corrected chi connectivity index (χ0v) is 12.0. The van der Waals surface area contributed by atoms with E-state index in [4.69, 9.17) is 11.0 Å². The average Bonchev–Trinajstić information content (AvgIpc) is 2.38. The van der Waals surface area contributed by atoms with Crippen molar-refractivity contribution in [3.8, 4) is 6.07 Å². The van der Waals surface area contributed by atoms with E-state index >= 15 is 0 Å². The maximum atomic E-state index is 12.1. The van der Waals surface area contributed by atoms with Crippen LogP contribution < -0.4 is 5.73 Å². The fourth-order valence-electron chi connectivity index (χ4n) is 1.61. The number of likely N-dealkylation sites (N-methyl/N-ethyl adjacent to an activating group) is 1. The van der Waals surface area contributed by atoms with E-state index in [0.717, 1.165) is 0 Å². The van der Waals surface area contributed by atoms with Gasteiger partial charge in [0.1, 0.15) is 17.5 Å². The van der Waals surface area contributed by atoms with Crippen LogP contribution in [0.1, 0.15) is 13.8 Å². The Morgan fingerprint density at radius 1 is 1.68 bits per heavy atom. The summed E-state index contributed by atoms with van der Waals surface area (Å²) in [5.41, 5.74) is 6.99. The lowest BCUT2D eigenvalue weighted by atomic mass is 10.0. The number of amides is 1. The number of rotatable bonds is 3. The molecule has 0 saturated heterocycles. The topological polar surface area (TPSA) is 82.5 Å². The molecule has 0 aromatic carbocycles. The maximum absolute atomic E-state index is 12.1. The van der Waals surface area contributed by atoms with Crippen molar-refractivity contribution in [3.63, 3.8) is 0 Å². The number of nitrogens with zero attached hydrogens (tertiary/aromatic N) is 3. The van der Waals surface area contributed by atoms with Gasteiger partial charge in [0.2, 0.25) is 0 Å². The molecule has 0 aromatic heterocycles. The summed E-state index contributed by atoms with van der Waals surface area (Å²) in [4.78, 5) is 17.9. The third-order valence-electron chi connectivity index (χ3n) is 2.59. The Morgan fingerprint density at radius 3 is 2.74 bits per heavy atom. The van der Waals surface area contributed by atoms with Gasteiger partial charge in [0.25, 0.3) is 5.91 Å². The molecule has 6 heteroatoms. The molecular formula is C13H16N4OS. The van der Waals surface area contributed by atoms with Crippen molar-refractivity contribution in [1.82, 2.24) is 4.90 Å². The maximum Gasteiger partial charge on any atom is 0.270 e. The Morgan fingerprint density at radius 2 is 2.32 bits per heavy atom. The van der Waals surface area contributed by atoms with Crippen LogP contribution in [0.4, 0.5) is 0 Å². The Bertz CT molecular complexity index is 547. The zero-order chi connectivity index (χ0) is 14.6. The van der Waals surface area contributed by atoms with Crippen molar-refractivity contribution in [2.75, 3.05) is 12.8 Å². The molecule has 5 nitrogen and oxygen atoms in total. The van der Waals surface area contributed by atoms with Crippen LogP contribution in [0.5, 0.6) is 0 Å². The first-order valence-electron chi connectivity index (χ1n) is 5.68. The molecule has 0 fully saturated rings. The van der Waals surface area contributed by atoms with Crippen LogP contribution in [-0.4, -0.2) is 29.4 Å². The van der Waals surface area contributed by atoms with E-state index in [9.17, 15) is 4.79 Å². The lowest BCUT2D eigenvalue weighted by molar-refractivity contribution is -0.123. The van der Waals surface area contributed by atoms with Gasteiger partial charge in [-0.15, -0.1) is 11.8 Å². The van der Waals surface area contributed by atoms with Gasteiger partial charge in [-0.05, 0) is 26.2 Å². The molecule has 1 aliphatic rings. The largest absolute Gasteiger partial charge is 0.402 e. The van der Waals surface area contributed by atoms with Crippen LogP contribution in [0.25, 0.3) is 0 Å².